The maximum atomic E-state index is 13.4. The molecule has 0 radical (unpaired) electrons. The Morgan fingerprint density at radius 1 is 1.21 bits per heavy atom. The lowest BCUT2D eigenvalue weighted by Crippen LogP contribution is -2.33. The van der Waals surface area contributed by atoms with Crippen LogP contribution in [0, 0.1) is 6.92 Å². The van der Waals surface area contributed by atoms with E-state index in [1.807, 2.05) is 42.5 Å². The Morgan fingerprint density at radius 2 is 2.03 bits per heavy atom. The summed E-state index contributed by atoms with van der Waals surface area (Å²) in [5, 5.41) is 5.98. The third-order valence-electron chi connectivity index (χ3n) is 4.51. The number of nitrogens with zero attached hydrogens (tertiary/aromatic N) is 3. The Kier molecular flexibility index (Phi) is 5.94. The molecule has 0 saturated carbocycles. The van der Waals surface area contributed by atoms with E-state index in [0.29, 0.717) is 56.6 Å². The summed E-state index contributed by atoms with van der Waals surface area (Å²) in [4.78, 5) is 19.6. The molecule has 8 heteroatoms. The van der Waals surface area contributed by atoms with E-state index in [4.69, 9.17) is 27.7 Å². The minimum absolute atomic E-state index is 0.187. The molecule has 0 spiro atoms. The van der Waals surface area contributed by atoms with Gasteiger partial charge in [-0.3, -0.25) is 14.7 Å². The van der Waals surface area contributed by atoms with E-state index in [0.717, 1.165) is 5.56 Å². The lowest BCUT2D eigenvalue weighted by Gasteiger charge is -2.18. The Hall–Kier alpha value is -2.28. The summed E-state index contributed by atoms with van der Waals surface area (Å²) in [5.41, 5.74) is 2.60. The second-order valence-corrected chi connectivity index (χ2v) is 8.27. The summed E-state index contributed by atoms with van der Waals surface area (Å²) in [6.45, 7) is 2.81. The van der Waals surface area contributed by atoms with E-state index >= 15 is 0 Å². The molecule has 29 heavy (non-hydrogen) atoms. The van der Waals surface area contributed by atoms with E-state index in [-0.39, 0.29) is 5.91 Å². The van der Waals surface area contributed by atoms with Gasteiger partial charge in [-0.2, -0.15) is 0 Å². The van der Waals surface area contributed by atoms with Crippen LogP contribution in [0.2, 0.25) is 10.0 Å². The highest BCUT2D eigenvalue weighted by atomic mass is 35.5. The van der Waals surface area contributed by atoms with Gasteiger partial charge < -0.3 is 4.52 Å². The number of rotatable bonds is 4. The van der Waals surface area contributed by atoms with E-state index in [9.17, 15) is 4.79 Å². The number of aliphatic imine (C=N–C) groups is 1. The fraction of sp³-hybridized carbons (Fsp3) is 0.190. The topological polar surface area (TPSA) is 58.7 Å². The molecule has 0 aliphatic carbocycles. The number of thioether (sulfide) groups is 1. The molecule has 0 unspecified atom stereocenters. The predicted octanol–water partition coefficient (Wildman–Crippen LogP) is 5.70. The molecule has 0 atom stereocenters. The van der Waals surface area contributed by atoms with Crippen LogP contribution in [0.5, 0.6) is 0 Å². The zero-order valence-electron chi connectivity index (χ0n) is 15.6. The number of hydrogen-bond acceptors (Lipinski definition) is 5. The lowest BCUT2D eigenvalue weighted by molar-refractivity contribution is 0.0859. The normalized spacial score (nSPS) is 13.6. The molecule has 0 N–H and O–H groups in total. The molecule has 3 aromatic rings. The van der Waals surface area contributed by atoms with Crippen molar-refractivity contribution in [3.63, 3.8) is 0 Å². The van der Waals surface area contributed by atoms with Crippen LogP contribution in [0.3, 0.4) is 0 Å². The highest BCUT2D eigenvalue weighted by Crippen LogP contribution is 2.33. The molecule has 1 aliphatic heterocycles. The van der Waals surface area contributed by atoms with Crippen molar-refractivity contribution in [3.8, 4) is 11.3 Å². The minimum atomic E-state index is -0.187. The molecular formula is C21H17Cl2N3O2S. The van der Waals surface area contributed by atoms with Crippen LogP contribution < -0.4 is 0 Å². The van der Waals surface area contributed by atoms with Gasteiger partial charge in [0.05, 0.1) is 11.6 Å². The quantitative estimate of drug-likeness (QED) is 0.516. The van der Waals surface area contributed by atoms with Gasteiger partial charge in [-0.25, -0.2) is 0 Å². The average molecular weight is 446 g/mol. The second-order valence-electron chi connectivity index (χ2n) is 6.48. The number of aryl methyl sites for hydroxylation is 1. The van der Waals surface area contributed by atoms with Crippen LogP contribution in [0.4, 0.5) is 0 Å². The molecule has 4 rings (SSSR count). The standard InChI is InChI=1S/C21H17Cl2N3O2S/c1-13-18(19(25-28-13)16-7-2-3-8-17(16)23)20(27)26-10-9-24-21(26)29-12-14-5-4-6-15(22)11-14/h2-8,11H,9-10,12H2,1H3. The summed E-state index contributed by atoms with van der Waals surface area (Å²) in [6, 6.07) is 14.9. The van der Waals surface area contributed by atoms with Crippen molar-refractivity contribution in [1.82, 2.24) is 10.1 Å². The number of carbonyl (C=O) groups excluding carboxylic acids is 1. The molecule has 1 amide bonds. The highest BCUT2D eigenvalue weighted by Gasteiger charge is 2.31. The number of amides is 1. The van der Waals surface area contributed by atoms with Crippen molar-refractivity contribution < 1.29 is 9.32 Å². The van der Waals surface area contributed by atoms with Crippen molar-refractivity contribution in [1.29, 1.82) is 0 Å². The number of amidine groups is 1. The van der Waals surface area contributed by atoms with Crippen molar-refractivity contribution in [2.45, 2.75) is 12.7 Å². The van der Waals surface area contributed by atoms with Gasteiger partial charge in [0, 0.05) is 22.9 Å². The van der Waals surface area contributed by atoms with Gasteiger partial charge in [-0.1, -0.05) is 70.5 Å². The predicted molar refractivity (Wildman–Crippen MR) is 118 cm³/mol. The van der Waals surface area contributed by atoms with Gasteiger partial charge >= 0.3 is 0 Å². The number of carbonyl (C=O) groups is 1. The second kappa shape index (κ2) is 8.61. The molecule has 1 aromatic heterocycles. The molecule has 148 valence electrons. The van der Waals surface area contributed by atoms with Crippen molar-refractivity contribution in [3.05, 3.63) is 75.5 Å². The van der Waals surface area contributed by atoms with Gasteiger partial charge in [0.25, 0.3) is 5.91 Å². The van der Waals surface area contributed by atoms with Crippen LogP contribution in [0.25, 0.3) is 11.3 Å². The first kappa shape index (κ1) is 20.0. The fourth-order valence-electron chi connectivity index (χ4n) is 3.11. The summed E-state index contributed by atoms with van der Waals surface area (Å²) in [7, 11) is 0. The molecular weight excluding hydrogens is 429 g/mol. The Labute approximate surface area is 182 Å². The first-order valence-corrected chi connectivity index (χ1v) is 10.7. The van der Waals surface area contributed by atoms with Gasteiger partial charge in [-0.05, 0) is 30.7 Å². The lowest BCUT2D eigenvalue weighted by atomic mass is 10.1. The maximum absolute atomic E-state index is 13.4. The van der Waals surface area contributed by atoms with Gasteiger partial charge in [0.2, 0.25) is 0 Å². The van der Waals surface area contributed by atoms with Crippen molar-refractivity contribution in [2.75, 3.05) is 13.1 Å². The third kappa shape index (κ3) is 4.20. The smallest absolute Gasteiger partial charge is 0.265 e. The molecule has 2 aromatic carbocycles. The maximum Gasteiger partial charge on any atom is 0.265 e. The van der Waals surface area contributed by atoms with E-state index < -0.39 is 0 Å². The van der Waals surface area contributed by atoms with Gasteiger partial charge in [0.1, 0.15) is 17.0 Å². The van der Waals surface area contributed by atoms with Crippen LogP contribution in [0.15, 0.2) is 58.0 Å². The molecule has 2 heterocycles. The zero-order chi connectivity index (χ0) is 20.4. The number of benzene rings is 2. The van der Waals surface area contributed by atoms with Crippen molar-refractivity contribution >= 4 is 46.0 Å². The van der Waals surface area contributed by atoms with Crippen LogP contribution in [-0.4, -0.2) is 34.2 Å². The van der Waals surface area contributed by atoms with E-state index in [2.05, 4.69) is 10.1 Å². The third-order valence-corrected chi connectivity index (χ3v) is 6.16. The van der Waals surface area contributed by atoms with Gasteiger partial charge in [0.15, 0.2) is 5.17 Å². The molecule has 0 saturated heterocycles. The summed E-state index contributed by atoms with van der Waals surface area (Å²) in [6.07, 6.45) is 0. The Bertz CT molecular complexity index is 1100. The molecule has 1 aliphatic rings. The first-order chi connectivity index (χ1) is 14.0. The Balaban J connectivity index is 1.58. The number of halogens is 2. The minimum Gasteiger partial charge on any atom is -0.360 e. The van der Waals surface area contributed by atoms with Crippen LogP contribution >= 0.6 is 35.0 Å². The number of aromatic nitrogens is 1. The first-order valence-electron chi connectivity index (χ1n) is 8.99. The molecule has 0 fully saturated rings. The van der Waals surface area contributed by atoms with Crippen molar-refractivity contribution in [2.24, 2.45) is 4.99 Å². The van der Waals surface area contributed by atoms with E-state index in [1.165, 1.54) is 11.8 Å². The van der Waals surface area contributed by atoms with Crippen LogP contribution in [0.1, 0.15) is 21.7 Å². The Morgan fingerprint density at radius 3 is 2.83 bits per heavy atom. The SMILES string of the molecule is Cc1onc(-c2ccccc2Cl)c1C(=O)N1CCN=C1SCc1cccc(Cl)c1. The fourth-order valence-corrected chi connectivity index (χ4v) is 4.54. The molecule has 0 bridgehead atoms. The number of hydrogen-bond donors (Lipinski definition) is 0. The summed E-state index contributed by atoms with van der Waals surface area (Å²) in [5.74, 6) is 0.938. The monoisotopic (exact) mass is 445 g/mol. The van der Waals surface area contributed by atoms with E-state index in [1.54, 1.807) is 17.9 Å². The van der Waals surface area contributed by atoms with Crippen LogP contribution in [-0.2, 0) is 5.75 Å². The average Bonchev–Trinajstić information content (AvgIpc) is 3.33. The zero-order valence-corrected chi connectivity index (χ0v) is 17.9. The summed E-state index contributed by atoms with van der Waals surface area (Å²) < 4.78 is 5.35. The molecule has 5 nitrogen and oxygen atoms in total. The van der Waals surface area contributed by atoms with Gasteiger partial charge in [-0.15, -0.1) is 0 Å². The summed E-state index contributed by atoms with van der Waals surface area (Å²) >= 11 is 13.9. The highest BCUT2D eigenvalue weighted by molar-refractivity contribution is 8.13. The largest absolute Gasteiger partial charge is 0.360 e.